The lowest BCUT2D eigenvalue weighted by Crippen LogP contribution is -2.27. The fourth-order valence-electron chi connectivity index (χ4n) is 2.55. The maximum atomic E-state index is 12.9. The van der Waals surface area contributed by atoms with E-state index in [2.05, 4.69) is 0 Å². The van der Waals surface area contributed by atoms with Gasteiger partial charge in [0.1, 0.15) is 5.37 Å². The molecular formula is C17H14F3NOS. The standard InChI is InChI=1S/C17H14F3NOS/c18-17(19,20)14-8-4-7-13(9-14)16-21(15(22)11-23-16)10-12-5-2-1-3-6-12/h1-9,16H,10-11H2. The van der Waals surface area contributed by atoms with Crippen LogP contribution in [-0.2, 0) is 17.5 Å². The maximum Gasteiger partial charge on any atom is 0.416 e. The molecule has 120 valence electrons. The second kappa shape index (κ2) is 6.28. The summed E-state index contributed by atoms with van der Waals surface area (Å²) in [5.74, 6) is 0.231. The summed E-state index contributed by atoms with van der Waals surface area (Å²) in [6.45, 7) is 0.396. The largest absolute Gasteiger partial charge is 0.416 e. The number of benzene rings is 2. The molecule has 3 rings (SSSR count). The molecule has 1 amide bonds. The summed E-state index contributed by atoms with van der Waals surface area (Å²) in [4.78, 5) is 13.8. The van der Waals surface area contributed by atoms with Crippen molar-refractivity contribution in [1.29, 1.82) is 0 Å². The summed E-state index contributed by atoms with van der Waals surface area (Å²) in [5, 5.41) is -0.384. The first-order valence-corrected chi connectivity index (χ1v) is 8.12. The molecule has 0 N–H and O–H groups in total. The van der Waals surface area contributed by atoms with E-state index >= 15 is 0 Å². The van der Waals surface area contributed by atoms with E-state index in [1.54, 1.807) is 11.0 Å². The van der Waals surface area contributed by atoms with Crippen LogP contribution in [0.15, 0.2) is 54.6 Å². The Bertz CT molecular complexity index is 702. The minimum Gasteiger partial charge on any atom is -0.322 e. The first-order valence-electron chi connectivity index (χ1n) is 7.07. The Labute approximate surface area is 136 Å². The molecule has 0 saturated carbocycles. The number of rotatable bonds is 3. The van der Waals surface area contributed by atoms with Crippen LogP contribution in [0, 0.1) is 0 Å². The first kappa shape index (κ1) is 15.9. The highest BCUT2D eigenvalue weighted by Crippen LogP contribution is 2.41. The van der Waals surface area contributed by atoms with Crippen LogP contribution in [0.4, 0.5) is 13.2 Å². The average molecular weight is 337 g/mol. The van der Waals surface area contributed by atoms with Crippen molar-refractivity contribution in [2.24, 2.45) is 0 Å². The predicted octanol–water partition coefficient (Wildman–Crippen LogP) is 4.48. The Morgan fingerprint density at radius 3 is 2.52 bits per heavy atom. The second-order valence-electron chi connectivity index (χ2n) is 5.29. The van der Waals surface area contributed by atoms with Crippen molar-refractivity contribution in [3.8, 4) is 0 Å². The Morgan fingerprint density at radius 2 is 1.83 bits per heavy atom. The van der Waals surface area contributed by atoms with Gasteiger partial charge in [-0.1, -0.05) is 42.5 Å². The summed E-state index contributed by atoms with van der Waals surface area (Å²) in [6.07, 6.45) is -4.38. The van der Waals surface area contributed by atoms with Gasteiger partial charge in [-0.3, -0.25) is 4.79 Å². The summed E-state index contributed by atoms with van der Waals surface area (Å²) in [5.41, 5.74) is 0.779. The zero-order chi connectivity index (χ0) is 16.4. The van der Waals surface area contributed by atoms with Crippen LogP contribution in [0.1, 0.15) is 22.1 Å². The molecule has 2 aromatic carbocycles. The fraction of sp³-hybridized carbons (Fsp3) is 0.235. The number of halogens is 3. The molecule has 0 bridgehead atoms. The molecule has 0 spiro atoms. The van der Waals surface area contributed by atoms with Crippen molar-refractivity contribution in [2.75, 3.05) is 5.75 Å². The molecule has 1 heterocycles. The molecule has 2 nitrogen and oxygen atoms in total. The van der Waals surface area contributed by atoms with Gasteiger partial charge in [0.2, 0.25) is 5.91 Å². The predicted molar refractivity (Wildman–Crippen MR) is 83.6 cm³/mol. The molecule has 1 fully saturated rings. The number of nitrogens with zero attached hydrogens (tertiary/aromatic N) is 1. The molecule has 1 aliphatic rings. The highest BCUT2D eigenvalue weighted by atomic mass is 32.2. The van der Waals surface area contributed by atoms with E-state index in [9.17, 15) is 18.0 Å². The Balaban J connectivity index is 1.88. The normalized spacial score (nSPS) is 18.5. The molecule has 2 aromatic rings. The van der Waals surface area contributed by atoms with Gasteiger partial charge in [-0.05, 0) is 23.3 Å². The third-order valence-electron chi connectivity index (χ3n) is 3.66. The fourth-order valence-corrected chi connectivity index (χ4v) is 3.73. The number of hydrogen-bond donors (Lipinski definition) is 0. The lowest BCUT2D eigenvalue weighted by molar-refractivity contribution is -0.137. The monoisotopic (exact) mass is 337 g/mol. The van der Waals surface area contributed by atoms with Gasteiger partial charge in [-0.25, -0.2) is 0 Å². The molecule has 6 heteroatoms. The number of amides is 1. The van der Waals surface area contributed by atoms with Gasteiger partial charge in [0.25, 0.3) is 0 Å². The first-order chi connectivity index (χ1) is 10.9. The average Bonchev–Trinajstić information content (AvgIpc) is 2.89. The molecule has 1 aliphatic heterocycles. The van der Waals surface area contributed by atoms with E-state index in [0.717, 1.165) is 17.7 Å². The van der Waals surface area contributed by atoms with Gasteiger partial charge in [0.15, 0.2) is 0 Å². The van der Waals surface area contributed by atoms with Crippen LogP contribution < -0.4 is 0 Å². The molecular weight excluding hydrogens is 323 g/mol. The van der Waals surface area contributed by atoms with Crippen molar-refractivity contribution in [1.82, 2.24) is 4.90 Å². The quantitative estimate of drug-likeness (QED) is 0.823. The third kappa shape index (κ3) is 3.52. The van der Waals surface area contributed by atoms with Crippen LogP contribution >= 0.6 is 11.8 Å². The van der Waals surface area contributed by atoms with Crippen LogP contribution in [0.2, 0.25) is 0 Å². The number of alkyl halides is 3. The molecule has 23 heavy (non-hydrogen) atoms. The van der Waals surface area contributed by atoms with Crippen LogP contribution in [0.25, 0.3) is 0 Å². The highest BCUT2D eigenvalue weighted by molar-refractivity contribution is 8.00. The Kier molecular flexibility index (Phi) is 4.35. The lowest BCUT2D eigenvalue weighted by atomic mass is 10.1. The minimum absolute atomic E-state index is 0.0544. The summed E-state index contributed by atoms with van der Waals surface area (Å²) in [7, 11) is 0. The van der Waals surface area contributed by atoms with Gasteiger partial charge in [-0.15, -0.1) is 11.8 Å². The molecule has 1 atom stereocenters. The van der Waals surface area contributed by atoms with Crippen LogP contribution in [-0.4, -0.2) is 16.6 Å². The van der Waals surface area contributed by atoms with E-state index < -0.39 is 11.7 Å². The van der Waals surface area contributed by atoms with Crippen molar-refractivity contribution in [2.45, 2.75) is 18.1 Å². The third-order valence-corrected chi connectivity index (χ3v) is 4.92. The summed E-state index contributed by atoms with van der Waals surface area (Å²) < 4.78 is 38.7. The van der Waals surface area contributed by atoms with Crippen LogP contribution in [0.5, 0.6) is 0 Å². The van der Waals surface area contributed by atoms with Crippen molar-refractivity contribution < 1.29 is 18.0 Å². The van der Waals surface area contributed by atoms with E-state index in [1.807, 2.05) is 30.3 Å². The molecule has 0 radical (unpaired) electrons. The number of thioether (sulfide) groups is 1. The van der Waals surface area contributed by atoms with Crippen molar-refractivity contribution >= 4 is 17.7 Å². The Hall–Kier alpha value is -1.95. The minimum atomic E-state index is -4.38. The van der Waals surface area contributed by atoms with Gasteiger partial charge < -0.3 is 4.90 Å². The Morgan fingerprint density at radius 1 is 1.09 bits per heavy atom. The maximum absolute atomic E-state index is 12.9. The smallest absolute Gasteiger partial charge is 0.322 e. The number of carbonyl (C=O) groups is 1. The summed E-state index contributed by atoms with van der Waals surface area (Å²) in [6, 6.07) is 14.7. The molecule has 1 saturated heterocycles. The zero-order valence-corrected chi connectivity index (χ0v) is 12.9. The van der Waals surface area contributed by atoms with E-state index in [1.165, 1.54) is 17.8 Å². The van der Waals surface area contributed by atoms with Gasteiger partial charge >= 0.3 is 6.18 Å². The zero-order valence-electron chi connectivity index (χ0n) is 12.1. The second-order valence-corrected chi connectivity index (χ2v) is 6.36. The molecule has 0 aliphatic carbocycles. The lowest BCUT2D eigenvalue weighted by Gasteiger charge is -2.25. The van der Waals surface area contributed by atoms with E-state index in [-0.39, 0.29) is 17.0 Å². The van der Waals surface area contributed by atoms with Crippen molar-refractivity contribution in [3.63, 3.8) is 0 Å². The van der Waals surface area contributed by atoms with Gasteiger partial charge in [-0.2, -0.15) is 13.2 Å². The van der Waals surface area contributed by atoms with Gasteiger partial charge in [0, 0.05) is 6.54 Å². The SMILES string of the molecule is O=C1CSC(c2cccc(C(F)(F)F)c2)N1Cc1ccccc1. The summed E-state index contributed by atoms with van der Waals surface area (Å²) >= 11 is 1.36. The van der Waals surface area contributed by atoms with Gasteiger partial charge in [0.05, 0.1) is 11.3 Å². The highest BCUT2D eigenvalue weighted by Gasteiger charge is 2.35. The molecule has 0 aromatic heterocycles. The van der Waals surface area contributed by atoms with E-state index in [0.29, 0.717) is 12.1 Å². The van der Waals surface area contributed by atoms with Crippen LogP contribution in [0.3, 0.4) is 0 Å². The molecule has 1 unspecified atom stereocenters. The van der Waals surface area contributed by atoms with E-state index in [4.69, 9.17) is 0 Å². The topological polar surface area (TPSA) is 20.3 Å². The van der Waals surface area contributed by atoms with Crippen molar-refractivity contribution in [3.05, 3.63) is 71.3 Å². The number of carbonyl (C=O) groups excluding carboxylic acids is 1. The number of hydrogen-bond acceptors (Lipinski definition) is 2.